The van der Waals surface area contributed by atoms with Crippen LogP contribution in [-0.2, 0) is 19.5 Å². The lowest BCUT2D eigenvalue weighted by molar-refractivity contribution is 0.0694. The number of hydrogen-bond donors (Lipinski definition) is 3. The molecule has 0 bridgehead atoms. The summed E-state index contributed by atoms with van der Waals surface area (Å²) in [7, 11) is 0. The van der Waals surface area contributed by atoms with Gasteiger partial charge in [-0.25, -0.2) is 9.59 Å². The Labute approximate surface area is 239 Å². The van der Waals surface area contributed by atoms with Crippen molar-refractivity contribution in [2.24, 2.45) is 0 Å². The molecule has 220 valence electrons. The van der Waals surface area contributed by atoms with Crippen LogP contribution in [0.1, 0.15) is 54.6 Å². The largest absolute Gasteiger partial charge is 0.477 e. The van der Waals surface area contributed by atoms with E-state index in [1.807, 2.05) is 29.7 Å². The van der Waals surface area contributed by atoms with E-state index in [9.17, 15) is 24.3 Å². The van der Waals surface area contributed by atoms with Crippen LogP contribution in [0.25, 0.3) is 0 Å². The molecule has 4 rings (SSSR count). The van der Waals surface area contributed by atoms with Gasteiger partial charge in [-0.1, -0.05) is 19.4 Å². The molecule has 0 unspecified atom stereocenters. The Morgan fingerprint density at radius 2 is 1.71 bits per heavy atom. The molecule has 0 spiro atoms. The van der Waals surface area contributed by atoms with Crippen molar-refractivity contribution in [3.8, 4) is 0 Å². The Morgan fingerprint density at radius 1 is 0.976 bits per heavy atom. The molecule has 3 heterocycles. The van der Waals surface area contributed by atoms with E-state index in [4.69, 9.17) is 0 Å². The Balaban J connectivity index is 1.23. The van der Waals surface area contributed by atoms with Gasteiger partial charge in [-0.05, 0) is 62.9 Å². The number of nitrogens with one attached hydrogen (secondary N) is 2. The fourth-order valence-electron chi connectivity index (χ4n) is 5.32. The van der Waals surface area contributed by atoms with Gasteiger partial charge in [0, 0.05) is 63.3 Å². The summed E-state index contributed by atoms with van der Waals surface area (Å²) < 4.78 is 3.07. The summed E-state index contributed by atoms with van der Waals surface area (Å²) in [6.07, 6.45) is 4.90. The van der Waals surface area contributed by atoms with Gasteiger partial charge in [0.05, 0.1) is 0 Å². The molecular weight excluding hydrogens is 524 g/mol. The highest BCUT2D eigenvalue weighted by atomic mass is 16.4. The van der Waals surface area contributed by atoms with Gasteiger partial charge in [0.1, 0.15) is 17.2 Å². The number of benzene rings is 1. The normalized spacial score (nSPS) is 13.9. The smallest absolute Gasteiger partial charge is 0.341 e. The van der Waals surface area contributed by atoms with E-state index < -0.39 is 17.1 Å². The van der Waals surface area contributed by atoms with Crippen LogP contribution in [0.4, 0.5) is 17.3 Å². The van der Waals surface area contributed by atoms with E-state index >= 15 is 0 Å². The zero-order chi connectivity index (χ0) is 29.5. The molecule has 0 aliphatic carbocycles. The minimum absolute atomic E-state index is 0.209. The number of aromatic amines is 1. The lowest BCUT2D eigenvalue weighted by atomic mass is 10.1. The highest BCUT2D eigenvalue weighted by molar-refractivity contribution is 5.87. The minimum atomic E-state index is -1.21. The van der Waals surface area contributed by atoms with E-state index in [1.165, 1.54) is 34.0 Å². The van der Waals surface area contributed by atoms with Crippen molar-refractivity contribution in [2.75, 3.05) is 42.9 Å². The third-order valence-electron chi connectivity index (χ3n) is 7.76. The third-order valence-corrected chi connectivity index (χ3v) is 7.76. The van der Waals surface area contributed by atoms with Gasteiger partial charge in [0.25, 0.3) is 5.56 Å². The number of piperazine rings is 1. The first-order valence-corrected chi connectivity index (χ1v) is 14.4. The molecule has 41 heavy (non-hydrogen) atoms. The van der Waals surface area contributed by atoms with Gasteiger partial charge in [-0.3, -0.25) is 24.0 Å². The van der Waals surface area contributed by atoms with Crippen LogP contribution in [0.5, 0.6) is 0 Å². The van der Waals surface area contributed by atoms with Crippen LogP contribution in [0.3, 0.4) is 0 Å². The molecule has 1 fully saturated rings. The number of carboxylic acids is 1. The van der Waals surface area contributed by atoms with E-state index in [0.29, 0.717) is 18.9 Å². The first-order valence-electron chi connectivity index (χ1n) is 14.4. The SMILES string of the molecule is CCc1cc(Nc2cc(=O)n(CCCCCN3CCN(c4cc(=O)c(C(=O)O)cn4CC)CC3)c(=O)[nH]2)ccc1C. The molecule has 0 saturated carbocycles. The van der Waals surface area contributed by atoms with E-state index in [2.05, 4.69) is 33.9 Å². The zero-order valence-corrected chi connectivity index (χ0v) is 24.1. The van der Waals surface area contributed by atoms with Gasteiger partial charge >= 0.3 is 11.7 Å². The summed E-state index contributed by atoms with van der Waals surface area (Å²) >= 11 is 0. The Bertz CT molecular complexity index is 1520. The first kappa shape index (κ1) is 29.9. The van der Waals surface area contributed by atoms with E-state index in [0.717, 1.165) is 69.9 Å². The number of aromatic nitrogens is 3. The van der Waals surface area contributed by atoms with Crippen molar-refractivity contribution >= 4 is 23.3 Å². The summed E-state index contributed by atoms with van der Waals surface area (Å²) in [5, 5.41) is 12.4. The van der Waals surface area contributed by atoms with Gasteiger partial charge in [0.15, 0.2) is 5.43 Å². The summed E-state index contributed by atoms with van der Waals surface area (Å²) in [6, 6.07) is 8.84. The third kappa shape index (κ3) is 7.35. The van der Waals surface area contributed by atoms with Gasteiger partial charge in [-0.2, -0.15) is 0 Å². The van der Waals surface area contributed by atoms with Crippen molar-refractivity contribution in [1.29, 1.82) is 0 Å². The van der Waals surface area contributed by atoms with Crippen LogP contribution >= 0.6 is 0 Å². The predicted molar refractivity (Wildman–Crippen MR) is 161 cm³/mol. The molecule has 11 nitrogen and oxygen atoms in total. The number of aryl methyl sites for hydroxylation is 3. The van der Waals surface area contributed by atoms with Crippen molar-refractivity contribution < 1.29 is 9.90 Å². The lowest BCUT2D eigenvalue weighted by Crippen LogP contribution is -2.47. The van der Waals surface area contributed by atoms with Crippen LogP contribution in [0.15, 0.2) is 50.9 Å². The molecule has 11 heteroatoms. The number of anilines is 3. The Kier molecular flexibility index (Phi) is 9.82. The highest BCUT2D eigenvalue weighted by Gasteiger charge is 2.21. The summed E-state index contributed by atoms with van der Waals surface area (Å²) in [4.78, 5) is 56.1. The molecule has 1 aliphatic rings. The van der Waals surface area contributed by atoms with Crippen LogP contribution in [0, 0.1) is 6.92 Å². The maximum absolute atomic E-state index is 12.6. The molecule has 1 aromatic carbocycles. The molecule has 0 atom stereocenters. The van der Waals surface area contributed by atoms with Gasteiger partial charge in [-0.15, -0.1) is 0 Å². The number of unbranched alkanes of at least 4 members (excludes halogenated alkanes) is 2. The van der Waals surface area contributed by atoms with Crippen molar-refractivity contribution in [3.63, 3.8) is 0 Å². The number of carbonyl (C=O) groups is 1. The lowest BCUT2D eigenvalue weighted by Gasteiger charge is -2.37. The van der Waals surface area contributed by atoms with E-state index in [1.54, 1.807) is 0 Å². The fourth-order valence-corrected chi connectivity index (χ4v) is 5.32. The molecule has 1 aliphatic heterocycles. The maximum Gasteiger partial charge on any atom is 0.341 e. The number of nitrogens with zero attached hydrogens (tertiary/aromatic N) is 4. The molecule has 0 amide bonds. The molecule has 3 N–H and O–H groups in total. The fraction of sp³-hybridized carbons (Fsp3) is 0.467. The Hall–Kier alpha value is -4.12. The van der Waals surface area contributed by atoms with Crippen molar-refractivity contribution in [1.82, 2.24) is 19.0 Å². The Morgan fingerprint density at radius 3 is 2.37 bits per heavy atom. The average molecular weight is 565 g/mol. The van der Waals surface area contributed by atoms with E-state index in [-0.39, 0.29) is 11.1 Å². The number of rotatable bonds is 12. The number of H-pyrrole nitrogens is 1. The molecule has 2 aromatic heterocycles. The summed E-state index contributed by atoms with van der Waals surface area (Å²) in [5.41, 5.74) is 1.83. The number of aromatic carboxylic acids is 1. The highest BCUT2D eigenvalue weighted by Crippen LogP contribution is 2.19. The second kappa shape index (κ2) is 13.5. The standard InChI is InChI=1S/C30H40N6O5/c1-4-22-17-23(10-9-21(22)3)31-26-19-28(38)36(30(41)32-26)12-8-6-7-11-33-13-15-35(16-14-33)27-18-25(37)24(29(39)40)20-34(27)5-2/h9-10,17-20,31H,4-8,11-16H2,1-3H3,(H,32,41)(H,39,40). The molecule has 3 aromatic rings. The number of hydrogen-bond acceptors (Lipinski definition) is 7. The van der Waals surface area contributed by atoms with Gasteiger partial charge < -0.3 is 19.9 Å². The number of pyridine rings is 1. The monoisotopic (exact) mass is 564 g/mol. The predicted octanol–water partition coefficient (Wildman–Crippen LogP) is 3.02. The molecule has 1 saturated heterocycles. The van der Waals surface area contributed by atoms with Crippen molar-refractivity contribution in [2.45, 2.75) is 59.5 Å². The van der Waals surface area contributed by atoms with Crippen LogP contribution < -0.4 is 26.9 Å². The first-order chi connectivity index (χ1) is 19.7. The topological polar surface area (TPSA) is 133 Å². The maximum atomic E-state index is 12.6. The van der Waals surface area contributed by atoms with Crippen LogP contribution in [-0.4, -0.2) is 62.8 Å². The quantitative estimate of drug-likeness (QED) is 0.286. The second-order valence-electron chi connectivity index (χ2n) is 10.5. The summed E-state index contributed by atoms with van der Waals surface area (Å²) in [6.45, 7) is 11.1. The molecule has 0 radical (unpaired) electrons. The molecular formula is C30H40N6O5. The summed E-state index contributed by atoms with van der Waals surface area (Å²) in [5.74, 6) is -0.0701. The zero-order valence-electron chi connectivity index (χ0n) is 24.1. The van der Waals surface area contributed by atoms with Crippen molar-refractivity contribution in [3.05, 3.63) is 84.3 Å². The van der Waals surface area contributed by atoms with Crippen LogP contribution in [0.2, 0.25) is 0 Å². The second-order valence-corrected chi connectivity index (χ2v) is 10.5. The number of carboxylic acid groups (broad SMARTS) is 1. The average Bonchev–Trinajstić information content (AvgIpc) is 2.95. The minimum Gasteiger partial charge on any atom is -0.477 e. The van der Waals surface area contributed by atoms with Gasteiger partial charge in [0.2, 0.25) is 0 Å².